The summed E-state index contributed by atoms with van der Waals surface area (Å²) in [4.78, 5) is 23.2. The van der Waals surface area contributed by atoms with Crippen LogP contribution in [-0.2, 0) is 19.6 Å². The van der Waals surface area contributed by atoms with E-state index in [0.717, 1.165) is 4.31 Å². The van der Waals surface area contributed by atoms with Gasteiger partial charge in [0.2, 0.25) is 10.0 Å². The predicted octanol–water partition coefficient (Wildman–Crippen LogP) is 1.59. The fraction of sp³-hybridized carbons (Fsp3) is 0.500. The zero-order valence-corrected chi connectivity index (χ0v) is 14.5. The van der Waals surface area contributed by atoms with Crippen LogP contribution >= 0.6 is 0 Å². The fourth-order valence-corrected chi connectivity index (χ4v) is 4.67. The van der Waals surface area contributed by atoms with Crippen molar-refractivity contribution in [2.45, 2.75) is 25.2 Å². The maximum absolute atomic E-state index is 13.0. The van der Waals surface area contributed by atoms with Gasteiger partial charge >= 0.3 is 11.9 Å². The molecule has 0 radical (unpaired) electrons. The summed E-state index contributed by atoms with van der Waals surface area (Å²) in [6.45, 7) is 3.71. The van der Waals surface area contributed by atoms with Crippen molar-refractivity contribution < 1.29 is 27.9 Å². The summed E-state index contributed by atoms with van der Waals surface area (Å²) in [5.41, 5.74) is -0.0375. The number of esters is 1. The van der Waals surface area contributed by atoms with E-state index in [4.69, 9.17) is 4.74 Å². The number of carboxylic acids is 1. The van der Waals surface area contributed by atoms with Crippen molar-refractivity contribution in [3.05, 3.63) is 29.8 Å². The molecule has 1 aromatic carbocycles. The van der Waals surface area contributed by atoms with E-state index in [1.54, 1.807) is 13.0 Å². The van der Waals surface area contributed by atoms with Gasteiger partial charge in [0, 0.05) is 13.1 Å². The number of ether oxygens (including phenoxy) is 1. The first-order valence-corrected chi connectivity index (χ1v) is 9.20. The molecule has 24 heavy (non-hydrogen) atoms. The largest absolute Gasteiger partial charge is 0.481 e. The van der Waals surface area contributed by atoms with Crippen molar-refractivity contribution in [1.82, 2.24) is 4.31 Å². The lowest BCUT2D eigenvalue weighted by molar-refractivity contribution is -0.143. The van der Waals surface area contributed by atoms with E-state index in [9.17, 15) is 23.1 Å². The number of nitrogens with zero attached hydrogens (tertiary/aromatic N) is 1. The van der Waals surface area contributed by atoms with Crippen molar-refractivity contribution >= 4 is 22.0 Å². The summed E-state index contributed by atoms with van der Waals surface area (Å²) >= 11 is 0. The molecule has 1 aromatic rings. The Bertz CT molecular complexity index is 730. The second kappa shape index (κ2) is 7.31. The average Bonchev–Trinajstić information content (AvgIpc) is 2.54. The molecule has 1 fully saturated rings. The molecule has 1 heterocycles. The Morgan fingerprint density at radius 3 is 2.58 bits per heavy atom. The molecule has 0 saturated carbocycles. The number of aliphatic carboxylic acids is 1. The van der Waals surface area contributed by atoms with Crippen LogP contribution in [0, 0.1) is 11.8 Å². The summed E-state index contributed by atoms with van der Waals surface area (Å²) in [6.07, 6.45) is 0.431. The maximum atomic E-state index is 13.0. The Labute approximate surface area is 141 Å². The normalized spacial score (nSPS) is 22.1. The number of carbonyl (C=O) groups is 2. The van der Waals surface area contributed by atoms with Crippen molar-refractivity contribution in [2.24, 2.45) is 11.8 Å². The standard InChI is InChI=1S/C16H21NO6S/c1-3-23-16(20)13-6-4-5-7-14(13)24(21,22)17-9-11(2)8-12(10-17)15(18)19/h4-7,11-12H,3,8-10H2,1-2H3,(H,18,19). The molecule has 132 valence electrons. The van der Waals surface area contributed by atoms with Crippen LogP contribution in [0.2, 0.25) is 0 Å². The number of sulfonamides is 1. The fourth-order valence-electron chi connectivity index (χ4n) is 2.89. The van der Waals surface area contributed by atoms with Gasteiger partial charge in [-0.1, -0.05) is 19.1 Å². The Hall–Kier alpha value is -1.93. The van der Waals surface area contributed by atoms with Crippen LogP contribution in [0.25, 0.3) is 0 Å². The summed E-state index contributed by atoms with van der Waals surface area (Å²) in [5, 5.41) is 9.23. The maximum Gasteiger partial charge on any atom is 0.339 e. The topological polar surface area (TPSA) is 101 Å². The second-order valence-electron chi connectivity index (χ2n) is 5.91. The number of hydrogen-bond donors (Lipinski definition) is 1. The molecule has 0 amide bonds. The van der Waals surface area contributed by atoms with E-state index in [1.807, 2.05) is 6.92 Å². The molecule has 2 unspecified atom stereocenters. The summed E-state index contributed by atoms with van der Waals surface area (Å²) in [7, 11) is -3.99. The third-order valence-corrected chi connectivity index (χ3v) is 5.87. The first-order chi connectivity index (χ1) is 11.3. The minimum Gasteiger partial charge on any atom is -0.481 e. The number of rotatable bonds is 5. The molecule has 1 aliphatic heterocycles. The Balaban J connectivity index is 2.40. The molecular formula is C16H21NO6S. The molecule has 2 rings (SSSR count). The van der Waals surface area contributed by atoms with Gasteiger partial charge in [-0.05, 0) is 31.4 Å². The van der Waals surface area contributed by atoms with Crippen LogP contribution in [0.1, 0.15) is 30.6 Å². The van der Waals surface area contributed by atoms with Gasteiger partial charge in [-0.3, -0.25) is 4.79 Å². The molecule has 1 saturated heterocycles. The van der Waals surface area contributed by atoms with Gasteiger partial charge in [0.15, 0.2) is 0 Å². The van der Waals surface area contributed by atoms with Crippen LogP contribution in [0.3, 0.4) is 0 Å². The highest BCUT2D eigenvalue weighted by Crippen LogP contribution is 2.28. The summed E-state index contributed by atoms with van der Waals surface area (Å²) in [6, 6.07) is 5.82. The molecule has 0 aromatic heterocycles. The number of hydrogen-bond acceptors (Lipinski definition) is 5. The Morgan fingerprint density at radius 2 is 1.96 bits per heavy atom. The van der Waals surface area contributed by atoms with Gasteiger partial charge in [-0.25, -0.2) is 13.2 Å². The van der Waals surface area contributed by atoms with Gasteiger partial charge in [-0.15, -0.1) is 0 Å². The number of carboxylic acid groups (broad SMARTS) is 1. The molecule has 0 aliphatic carbocycles. The molecule has 1 aliphatic rings. The second-order valence-corrected chi connectivity index (χ2v) is 7.82. The number of benzene rings is 1. The van der Waals surface area contributed by atoms with Gasteiger partial charge in [0.05, 0.1) is 23.0 Å². The van der Waals surface area contributed by atoms with Crippen LogP contribution < -0.4 is 0 Å². The van der Waals surface area contributed by atoms with Gasteiger partial charge < -0.3 is 9.84 Å². The van der Waals surface area contributed by atoms with Gasteiger partial charge in [0.1, 0.15) is 0 Å². The molecule has 1 N–H and O–H groups in total. The highest BCUT2D eigenvalue weighted by Gasteiger charge is 2.37. The minimum atomic E-state index is -3.99. The van der Waals surface area contributed by atoms with Crippen molar-refractivity contribution in [2.75, 3.05) is 19.7 Å². The number of piperidine rings is 1. The highest BCUT2D eigenvalue weighted by atomic mass is 32.2. The lowest BCUT2D eigenvalue weighted by Crippen LogP contribution is -2.45. The van der Waals surface area contributed by atoms with E-state index in [-0.39, 0.29) is 36.1 Å². The molecular weight excluding hydrogens is 334 g/mol. The lowest BCUT2D eigenvalue weighted by atomic mass is 9.92. The minimum absolute atomic E-state index is 0.0375. The van der Waals surface area contributed by atoms with Gasteiger partial charge in [0.25, 0.3) is 0 Å². The van der Waals surface area contributed by atoms with E-state index >= 15 is 0 Å². The monoisotopic (exact) mass is 355 g/mol. The van der Waals surface area contributed by atoms with Crippen LogP contribution in [0.15, 0.2) is 29.2 Å². The molecule has 2 atom stereocenters. The van der Waals surface area contributed by atoms with Crippen LogP contribution in [-0.4, -0.2) is 49.5 Å². The zero-order chi connectivity index (χ0) is 17.9. The highest BCUT2D eigenvalue weighted by molar-refractivity contribution is 7.89. The van der Waals surface area contributed by atoms with E-state index in [2.05, 4.69) is 0 Å². The molecule has 0 spiro atoms. The SMILES string of the molecule is CCOC(=O)c1ccccc1S(=O)(=O)N1CC(C)CC(C(=O)O)C1. The molecule has 0 bridgehead atoms. The summed E-state index contributed by atoms with van der Waals surface area (Å²) in [5.74, 6) is -2.56. The van der Waals surface area contributed by atoms with Crippen LogP contribution in [0.4, 0.5) is 0 Å². The van der Waals surface area contributed by atoms with E-state index < -0.39 is 27.9 Å². The first kappa shape index (κ1) is 18.4. The van der Waals surface area contributed by atoms with Gasteiger partial charge in [-0.2, -0.15) is 4.31 Å². The molecule has 7 nitrogen and oxygen atoms in total. The third-order valence-electron chi connectivity index (χ3n) is 3.98. The quantitative estimate of drug-likeness (QED) is 0.805. The smallest absolute Gasteiger partial charge is 0.339 e. The summed E-state index contributed by atoms with van der Waals surface area (Å²) < 4.78 is 32.0. The van der Waals surface area contributed by atoms with E-state index in [0.29, 0.717) is 6.42 Å². The Kier molecular flexibility index (Phi) is 5.61. The Morgan fingerprint density at radius 1 is 1.29 bits per heavy atom. The van der Waals surface area contributed by atoms with E-state index in [1.165, 1.54) is 18.2 Å². The lowest BCUT2D eigenvalue weighted by Gasteiger charge is -2.34. The van der Waals surface area contributed by atoms with Crippen LogP contribution in [0.5, 0.6) is 0 Å². The predicted molar refractivity (Wildman–Crippen MR) is 86.1 cm³/mol. The zero-order valence-electron chi connectivity index (χ0n) is 13.6. The van der Waals surface area contributed by atoms with Crippen molar-refractivity contribution in [3.63, 3.8) is 0 Å². The molecule has 8 heteroatoms. The average molecular weight is 355 g/mol. The third kappa shape index (κ3) is 3.76. The number of carbonyl (C=O) groups excluding carboxylic acids is 1. The first-order valence-electron chi connectivity index (χ1n) is 7.76. The van der Waals surface area contributed by atoms with Crippen molar-refractivity contribution in [1.29, 1.82) is 0 Å². The van der Waals surface area contributed by atoms with Crippen molar-refractivity contribution in [3.8, 4) is 0 Å².